The Kier molecular flexibility index (Phi) is 5.14. The van der Waals surface area contributed by atoms with Crippen LogP contribution >= 0.6 is 0 Å². The van der Waals surface area contributed by atoms with Crippen LogP contribution in [0, 0.1) is 12.7 Å². The quantitative estimate of drug-likeness (QED) is 0.511. The minimum Gasteiger partial charge on any atom is -0.367 e. The number of imidazole rings is 1. The van der Waals surface area contributed by atoms with E-state index in [1.807, 2.05) is 4.90 Å². The number of nitrogens with one attached hydrogen (secondary N) is 2. The first-order valence-electron chi connectivity index (χ1n) is 10.3. The van der Waals surface area contributed by atoms with Crippen LogP contribution in [0.5, 0.6) is 0 Å². The lowest BCUT2D eigenvalue weighted by Gasteiger charge is -2.34. The molecule has 4 aromatic rings. The van der Waals surface area contributed by atoms with E-state index in [-0.39, 0.29) is 11.7 Å². The van der Waals surface area contributed by atoms with Gasteiger partial charge in [-0.25, -0.2) is 13.8 Å². The van der Waals surface area contributed by atoms with Crippen LogP contribution in [0.15, 0.2) is 43.0 Å². The zero-order valence-corrected chi connectivity index (χ0v) is 17.3. The Morgan fingerprint density at radius 3 is 2.88 bits per heavy atom. The molecule has 1 saturated heterocycles. The van der Waals surface area contributed by atoms with Crippen LogP contribution in [0.2, 0.25) is 0 Å². The molecule has 10 heteroatoms. The predicted molar refractivity (Wildman–Crippen MR) is 117 cm³/mol. The average molecular weight is 437 g/mol. The van der Waals surface area contributed by atoms with Gasteiger partial charge in [0.1, 0.15) is 17.7 Å². The number of aryl methyl sites for hydroxylation is 1. The van der Waals surface area contributed by atoms with Gasteiger partial charge in [0, 0.05) is 50.5 Å². The lowest BCUT2D eigenvalue weighted by molar-refractivity contribution is 0.102. The van der Waals surface area contributed by atoms with Crippen molar-refractivity contribution in [3.8, 4) is 0 Å². The number of amides is 1. The van der Waals surface area contributed by atoms with Crippen LogP contribution in [0.25, 0.3) is 16.7 Å². The van der Waals surface area contributed by atoms with E-state index in [4.69, 9.17) is 0 Å². The molecule has 8 nitrogen and oxygen atoms in total. The molecule has 0 unspecified atom stereocenters. The first-order valence-corrected chi connectivity index (χ1v) is 10.3. The van der Waals surface area contributed by atoms with Gasteiger partial charge in [-0.2, -0.15) is 0 Å². The van der Waals surface area contributed by atoms with Gasteiger partial charge in [0.2, 0.25) is 0 Å². The molecule has 1 aliphatic rings. The van der Waals surface area contributed by atoms with E-state index in [0.717, 1.165) is 5.69 Å². The number of carbonyl (C=O) groups is 1. The van der Waals surface area contributed by atoms with Crippen molar-refractivity contribution in [2.45, 2.75) is 13.0 Å². The van der Waals surface area contributed by atoms with Crippen LogP contribution in [-0.2, 0) is 0 Å². The third kappa shape index (κ3) is 3.62. The van der Waals surface area contributed by atoms with E-state index in [0.29, 0.717) is 47.6 Å². The smallest absolute Gasteiger partial charge is 0.257 e. The summed E-state index contributed by atoms with van der Waals surface area (Å²) in [5.41, 5.74) is 3.27. The average Bonchev–Trinajstić information content (AvgIpc) is 3.19. The zero-order chi connectivity index (χ0) is 22.2. The van der Waals surface area contributed by atoms with Crippen LogP contribution in [0.4, 0.5) is 20.2 Å². The summed E-state index contributed by atoms with van der Waals surface area (Å²) in [5, 5.41) is 5.88. The molecular weight excluding hydrogens is 416 g/mol. The van der Waals surface area contributed by atoms with Crippen LogP contribution in [-0.4, -0.2) is 57.6 Å². The largest absolute Gasteiger partial charge is 0.367 e. The van der Waals surface area contributed by atoms with Crippen LogP contribution in [0.3, 0.4) is 0 Å². The Bertz CT molecular complexity index is 1320. The van der Waals surface area contributed by atoms with Gasteiger partial charge in [0.25, 0.3) is 5.91 Å². The molecular formula is C22H21F2N7O. The first-order chi connectivity index (χ1) is 15.5. The minimum atomic E-state index is -0.531. The summed E-state index contributed by atoms with van der Waals surface area (Å²) in [6, 6.07) is 4.45. The summed E-state index contributed by atoms with van der Waals surface area (Å²) >= 11 is 0. The number of anilines is 2. The predicted octanol–water partition coefficient (Wildman–Crippen LogP) is 2.73. The molecule has 1 aliphatic heterocycles. The highest BCUT2D eigenvalue weighted by atomic mass is 19.1. The summed E-state index contributed by atoms with van der Waals surface area (Å²) in [5.74, 6) is -0.961. The molecule has 0 aliphatic carbocycles. The maximum atomic E-state index is 14.4. The molecule has 32 heavy (non-hydrogen) atoms. The standard InChI is InChI=1S/C22H21F2N7O/c1-13-10-31-11-14(8-17(24)21(31)28-13)29-22(32)16-2-3-18(20-19(16)26-4-5-27-20)30-7-6-25-15(9-23)12-30/h2-5,8,10-11,15,25H,6-7,9,12H2,1H3,(H,29,32)/t15-/m1/s1. The van der Waals surface area contributed by atoms with Crippen molar-refractivity contribution in [3.05, 3.63) is 60.1 Å². The van der Waals surface area contributed by atoms with Gasteiger partial charge in [0.05, 0.1) is 28.7 Å². The van der Waals surface area contributed by atoms with Gasteiger partial charge in [0.15, 0.2) is 11.5 Å². The monoisotopic (exact) mass is 437 g/mol. The van der Waals surface area contributed by atoms with Crippen molar-refractivity contribution < 1.29 is 13.6 Å². The van der Waals surface area contributed by atoms with E-state index in [2.05, 4.69) is 25.6 Å². The molecule has 0 spiro atoms. The highest BCUT2D eigenvalue weighted by Gasteiger charge is 2.23. The summed E-state index contributed by atoms with van der Waals surface area (Å²) in [4.78, 5) is 28.1. The highest BCUT2D eigenvalue weighted by molar-refractivity contribution is 6.13. The second-order valence-electron chi connectivity index (χ2n) is 7.78. The van der Waals surface area contributed by atoms with Crippen molar-refractivity contribution in [2.24, 2.45) is 0 Å². The summed E-state index contributed by atoms with van der Waals surface area (Å²) < 4.78 is 29.1. The Balaban J connectivity index is 1.49. The Labute approximate surface area is 182 Å². The van der Waals surface area contributed by atoms with Gasteiger partial charge in [-0.05, 0) is 19.1 Å². The number of halogens is 2. The van der Waals surface area contributed by atoms with E-state index < -0.39 is 18.4 Å². The molecule has 4 heterocycles. The zero-order valence-electron chi connectivity index (χ0n) is 17.3. The van der Waals surface area contributed by atoms with Crippen LogP contribution < -0.4 is 15.5 Å². The molecule has 5 rings (SSSR count). The molecule has 2 N–H and O–H groups in total. The number of carbonyl (C=O) groups excluding carboxylic acids is 1. The fourth-order valence-electron chi connectivity index (χ4n) is 4.07. The maximum absolute atomic E-state index is 14.4. The third-order valence-corrected chi connectivity index (χ3v) is 5.52. The lowest BCUT2D eigenvalue weighted by atomic mass is 10.1. The number of rotatable bonds is 4. The Hall–Kier alpha value is -3.66. The van der Waals surface area contributed by atoms with Crippen LogP contribution in [0.1, 0.15) is 16.1 Å². The second kappa shape index (κ2) is 8.12. The SMILES string of the molecule is Cc1cn2cc(NC(=O)c3ccc(N4CCN[C@H](CF)C4)c4nccnc34)cc(F)c2n1. The molecule has 0 bridgehead atoms. The first kappa shape index (κ1) is 20.3. The molecule has 3 aromatic heterocycles. The van der Waals surface area contributed by atoms with E-state index in [1.54, 1.807) is 37.6 Å². The number of piperazine rings is 1. The fourth-order valence-corrected chi connectivity index (χ4v) is 4.07. The van der Waals surface area contributed by atoms with Gasteiger partial charge in [-0.15, -0.1) is 0 Å². The maximum Gasteiger partial charge on any atom is 0.257 e. The fraction of sp³-hybridized carbons (Fsp3) is 0.273. The summed E-state index contributed by atoms with van der Waals surface area (Å²) in [7, 11) is 0. The Morgan fingerprint density at radius 1 is 1.25 bits per heavy atom. The Morgan fingerprint density at radius 2 is 2.06 bits per heavy atom. The van der Waals surface area contributed by atoms with Gasteiger partial charge < -0.3 is 19.9 Å². The molecule has 1 atom stereocenters. The number of aromatic nitrogens is 4. The molecule has 164 valence electrons. The van der Waals surface area contributed by atoms with Crippen molar-refractivity contribution in [2.75, 3.05) is 36.5 Å². The molecule has 0 saturated carbocycles. The van der Waals surface area contributed by atoms with E-state index in [9.17, 15) is 13.6 Å². The van der Waals surface area contributed by atoms with Gasteiger partial charge >= 0.3 is 0 Å². The summed E-state index contributed by atoms with van der Waals surface area (Å²) in [6.07, 6.45) is 6.37. The number of hydrogen-bond acceptors (Lipinski definition) is 6. The van der Waals surface area contributed by atoms with Gasteiger partial charge in [-0.3, -0.25) is 14.8 Å². The number of hydrogen-bond donors (Lipinski definition) is 2. The van der Waals surface area contributed by atoms with Crippen molar-refractivity contribution >= 4 is 34.0 Å². The topological polar surface area (TPSA) is 87.5 Å². The van der Waals surface area contributed by atoms with Gasteiger partial charge in [-0.1, -0.05) is 0 Å². The highest BCUT2D eigenvalue weighted by Crippen LogP contribution is 2.28. The number of fused-ring (bicyclic) bond motifs is 2. The lowest BCUT2D eigenvalue weighted by Crippen LogP contribution is -2.51. The minimum absolute atomic E-state index is 0.198. The normalized spacial score (nSPS) is 16.6. The van der Waals surface area contributed by atoms with Crippen molar-refractivity contribution in [1.29, 1.82) is 0 Å². The molecule has 1 fully saturated rings. The van der Waals surface area contributed by atoms with E-state index in [1.165, 1.54) is 16.7 Å². The molecule has 1 aromatic carbocycles. The van der Waals surface area contributed by atoms with E-state index >= 15 is 0 Å². The third-order valence-electron chi connectivity index (χ3n) is 5.52. The number of pyridine rings is 1. The van der Waals surface area contributed by atoms with Crippen molar-refractivity contribution in [3.63, 3.8) is 0 Å². The number of nitrogens with zero attached hydrogens (tertiary/aromatic N) is 5. The van der Waals surface area contributed by atoms with Crippen molar-refractivity contribution in [1.82, 2.24) is 24.7 Å². The molecule has 1 amide bonds. The second-order valence-corrected chi connectivity index (χ2v) is 7.78. The summed E-state index contributed by atoms with van der Waals surface area (Å²) in [6.45, 7) is 3.15. The molecule has 0 radical (unpaired) electrons. The number of alkyl halides is 1. The number of benzene rings is 1.